The van der Waals surface area contributed by atoms with E-state index in [9.17, 15) is 0 Å². The fourth-order valence-electron chi connectivity index (χ4n) is 1.18. The van der Waals surface area contributed by atoms with E-state index in [1.807, 2.05) is 30.3 Å². The number of hydrogen-bond donors (Lipinski definition) is 2. The molecule has 0 aliphatic carbocycles. The van der Waals surface area contributed by atoms with Crippen LogP contribution >= 0.6 is 12.4 Å². The number of nitrogens with two attached hydrogens (primary N) is 1. The number of benzene rings is 1. The van der Waals surface area contributed by atoms with Crippen molar-refractivity contribution in [1.29, 1.82) is 0 Å². The van der Waals surface area contributed by atoms with Gasteiger partial charge in [-0.3, -0.25) is 5.43 Å². The highest BCUT2D eigenvalue weighted by molar-refractivity contribution is 5.85. The van der Waals surface area contributed by atoms with Gasteiger partial charge in [-0.1, -0.05) is 30.3 Å². The Bertz CT molecular complexity index is 473. The highest BCUT2D eigenvalue weighted by atomic mass is 35.5. The van der Waals surface area contributed by atoms with Crippen LogP contribution in [0, 0.1) is 0 Å². The van der Waals surface area contributed by atoms with Gasteiger partial charge < -0.3 is 11.2 Å². The summed E-state index contributed by atoms with van der Waals surface area (Å²) in [4.78, 5) is 4.06. The first kappa shape index (κ1) is 15.9. The molecule has 6 heteroatoms. The van der Waals surface area contributed by atoms with Gasteiger partial charge in [0.05, 0.1) is 18.1 Å². The third kappa shape index (κ3) is 4.82. The molecule has 0 aliphatic rings. The van der Waals surface area contributed by atoms with Gasteiger partial charge in [0.15, 0.2) is 0 Å². The molecular formula is C12H15ClN4O. The smallest absolute Gasteiger partial charge is 0.146 e. The number of nitrogens with zero attached hydrogens (tertiary/aromatic N) is 2. The summed E-state index contributed by atoms with van der Waals surface area (Å²) in [5.74, 6) is 0.668. The van der Waals surface area contributed by atoms with Crippen molar-refractivity contribution in [3.05, 3.63) is 54.2 Å². The Kier molecular flexibility index (Phi) is 7.11. The number of rotatable bonds is 3. The van der Waals surface area contributed by atoms with Gasteiger partial charge in [0, 0.05) is 0 Å². The highest BCUT2D eigenvalue weighted by Gasteiger charge is 1.89. The molecule has 1 heterocycles. The Morgan fingerprint density at radius 1 is 1.11 bits per heavy atom. The minimum absolute atomic E-state index is 0. The highest BCUT2D eigenvalue weighted by Crippen LogP contribution is 2.05. The summed E-state index contributed by atoms with van der Waals surface area (Å²) >= 11 is 0. The Morgan fingerprint density at radius 3 is 2.44 bits per heavy atom. The SMILES string of the molecule is Cl.Nc1ccc(N/N=C/c2ccccc2)nc1.O. The quantitative estimate of drug-likeness (QED) is 0.654. The zero-order chi connectivity index (χ0) is 11.2. The van der Waals surface area contributed by atoms with Gasteiger partial charge in [-0.15, -0.1) is 12.4 Å². The topological polar surface area (TPSA) is 94.8 Å². The van der Waals surface area contributed by atoms with Crippen molar-refractivity contribution in [1.82, 2.24) is 4.98 Å². The van der Waals surface area contributed by atoms with Gasteiger partial charge >= 0.3 is 0 Å². The fraction of sp³-hybridized carbons (Fsp3) is 0. The molecule has 1 aromatic carbocycles. The van der Waals surface area contributed by atoms with Crippen molar-refractivity contribution in [2.75, 3.05) is 11.2 Å². The monoisotopic (exact) mass is 266 g/mol. The zero-order valence-electron chi connectivity index (χ0n) is 9.58. The maximum absolute atomic E-state index is 5.52. The number of pyridine rings is 1. The molecule has 18 heavy (non-hydrogen) atoms. The van der Waals surface area contributed by atoms with E-state index in [-0.39, 0.29) is 17.9 Å². The lowest BCUT2D eigenvalue weighted by Crippen LogP contribution is -1.94. The van der Waals surface area contributed by atoms with Crippen molar-refractivity contribution in [2.45, 2.75) is 0 Å². The van der Waals surface area contributed by atoms with Crippen LogP contribution < -0.4 is 11.2 Å². The van der Waals surface area contributed by atoms with Crippen LogP contribution in [0.25, 0.3) is 0 Å². The lowest BCUT2D eigenvalue weighted by Gasteiger charge is -1.98. The molecule has 0 saturated carbocycles. The van der Waals surface area contributed by atoms with E-state index in [2.05, 4.69) is 15.5 Å². The molecule has 0 bridgehead atoms. The van der Waals surface area contributed by atoms with Crippen LogP contribution in [0.3, 0.4) is 0 Å². The van der Waals surface area contributed by atoms with Crippen LogP contribution in [0.5, 0.6) is 0 Å². The van der Waals surface area contributed by atoms with Gasteiger partial charge in [-0.25, -0.2) is 4.98 Å². The largest absolute Gasteiger partial charge is 0.412 e. The number of aromatic nitrogens is 1. The molecule has 0 radical (unpaired) electrons. The van der Waals surface area contributed by atoms with Crippen LogP contribution in [0.1, 0.15) is 5.56 Å². The van der Waals surface area contributed by atoms with Crippen molar-refractivity contribution >= 4 is 30.1 Å². The fourth-order valence-corrected chi connectivity index (χ4v) is 1.18. The number of nitrogen functional groups attached to an aromatic ring is 1. The molecule has 2 rings (SSSR count). The predicted molar refractivity (Wildman–Crippen MR) is 77.2 cm³/mol. The normalized spacial score (nSPS) is 9.33. The van der Waals surface area contributed by atoms with Crippen LogP contribution in [0.15, 0.2) is 53.8 Å². The molecule has 0 amide bonds. The van der Waals surface area contributed by atoms with Crippen molar-refractivity contribution in [2.24, 2.45) is 5.10 Å². The van der Waals surface area contributed by atoms with E-state index in [0.717, 1.165) is 5.56 Å². The summed E-state index contributed by atoms with van der Waals surface area (Å²) in [6, 6.07) is 13.4. The number of halogens is 1. The van der Waals surface area contributed by atoms with Gasteiger partial charge in [0.25, 0.3) is 0 Å². The number of nitrogens with one attached hydrogen (secondary N) is 1. The first-order valence-corrected chi connectivity index (χ1v) is 4.90. The second-order valence-electron chi connectivity index (χ2n) is 3.26. The summed E-state index contributed by atoms with van der Waals surface area (Å²) in [5, 5.41) is 4.06. The van der Waals surface area contributed by atoms with Gasteiger partial charge in [0.1, 0.15) is 5.82 Å². The second-order valence-corrected chi connectivity index (χ2v) is 3.26. The lowest BCUT2D eigenvalue weighted by molar-refractivity contribution is 0.824. The van der Waals surface area contributed by atoms with Crippen LogP contribution in [-0.2, 0) is 0 Å². The summed E-state index contributed by atoms with van der Waals surface area (Å²) in [6.07, 6.45) is 3.32. The molecule has 1 aromatic heterocycles. The average molecular weight is 267 g/mol. The molecular weight excluding hydrogens is 252 g/mol. The molecule has 0 spiro atoms. The van der Waals surface area contributed by atoms with Gasteiger partial charge in [-0.05, 0) is 17.7 Å². The second kappa shape index (κ2) is 8.05. The molecule has 96 valence electrons. The zero-order valence-corrected chi connectivity index (χ0v) is 10.4. The minimum Gasteiger partial charge on any atom is -0.412 e. The van der Waals surface area contributed by atoms with E-state index in [1.165, 1.54) is 0 Å². The molecule has 0 fully saturated rings. The summed E-state index contributed by atoms with van der Waals surface area (Å²) in [7, 11) is 0. The number of hydrogen-bond acceptors (Lipinski definition) is 4. The Labute approximate surface area is 111 Å². The average Bonchev–Trinajstić information content (AvgIpc) is 2.33. The van der Waals surface area contributed by atoms with Crippen molar-refractivity contribution < 1.29 is 5.48 Å². The van der Waals surface area contributed by atoms with E-state index in [0.29, 0.717) is 11.5 Å². The molecule has 0 unspecified atom stereocenters. The first-order valence-electron chi connectivity index (χ1n) is 4.90. The van der Waals surface area contributed by atoms with Gasteiger partial charge in [0.2, 0.25) is 0 Å². The maximum Gasteiger partial charge on any atom is 0.146 e. The molecule has 2 aromatic rings. The van der Waals surface area contributed by atoms with E-state index < -0.39 is 0 Å². The Balaban J connectivity index is 0.00000144. The summed E-state index contributed by atoms with van der Waals surface area (Å²) in [5.41, 5.74) is 10.0. The van der Waals surface area contributed by atoms with Crippen molar-refractivity contribution in [3.8, 4) is 0 Å². The number of hydrazone groups is 1. The van der Waals surface area contributed by atoms with E-state index in [4.69, 9.17) is 5.73 Å². The first-order chi connectivity index (χ1) is 7.84. The lowest BCUT2D eigenvalue weighted by atomic mass is 10.2. The van der Waals surface area contributed by atoms with E-state index >= 15 is 0 Å². The Hall–Kier alpha value is -2.11. The standard InChI is InChI=1S/C12H12N4.ClH.H2O/c13-11-6-7-12(14-9-11)16-15-8-10-4-2-1-3-5-10;;/h1-9H,13H2,(H,14,16);1H;1H2/b15-8+;;. The molecule has 5 nitrogen and oxygen atoms in total. The molecule has 0 saturated heterocycles. The third-order valence-corrected chi connectivity index (χ3v) is 1.98. The number of anilines is 2. The van der Waals surface area contributed by atoms with Gasteiger partial charge in [-0.2, -0.15) is 5.10 Å². The molecule has 0 aliphatic heterocycles. The van der Waals surface area contributed by atoms with Crippen LogP contribution in [0.4, 0.5) is 11.5 Å². The molecule has 5 N–H and O–H groups in total. The third-order valence-electron chi connectivity index (χ3n) is 1.98. The van der Waals surface area contributed by atoms with Crippen LogP contribution in [0.2, 0.25) is 0 Å². The van der Waals surface area contributed by atoms with Crippen molar-refractivity contribution in [3.63, 3.8) is 0 Å². The van der Waals surface area contributed by atoms with E-state index in [1.54, 1.807) is 24.5 Å². The maximum atomic E-state index is 5.52. The predicted octanol–water partition coefficient (Wildman–Crippen LogP) is 1.71. The Morgan fingerprint density at radius 2 is 1.83 bits per heavy atom. The van der Waals surface area contributed by atoms with Crippen LogP contribution in [-0.4, -0.2) is 16.7 Å². The summed E-state index contributed by atoms with van der Waals surface area (Å²) < 4.78 is 0. The minimum atomic E-state index is 0. The summed E-state index contributed by atoms with van der Waals surface area (Å²) in [6.45, 7) is 0. The molecule has 0 atom stereocenters.